The van der Waals surface area contributed by atoms with Gasteiger partial charge in [-0.05, 0) is 13.3 Å². The summed E-state index contributed by atoms with van der Waals surface area (Å²) in [6, 6.07) is 0. The van der Waals surface area contributed by atoms with Crippen LogP contribution >= 0.6 is 0 Å². The van der Waals surface area contributed by atoms with Gasteiger partial charge in [-0.1, -0.05) is 19.8 Å². The molecule has 0 aromatic heterocycles. The largest absolute Gasteiger partial charge is 1.00 e. The summed E-state index contributed by atoms with van der Waals surface area (Å²) in [5.74, 6) is 0. The summed E-state index contributed by atoms with van der Waals surface area (Å²) < 4.78 is 5.74. The molecule has 1 unspecified atom stereocenters. The van der Waals surface area contributed by atoms with Crippen molar-refractivity contribution in [2.24, 2.45) is 0 Å². The van der Waals surface area contributed by atoms with E-state index in [1.807, 2.05) is 0 Å². The van der Waals surface area contributed by atoms with E-state index in [0.717, 1.165) is 19.7 Å². The summed E-state index contributed by atoms with van der Waals surface area (Å²) in [6.45, 7) is 7.68. The lowest BCUT2D eigenvalue weighted by molar-refractivity contribution is -0.685. The molecule has 0 aromatic carbocycles. The van der Waals surface area contributed by atoms with Gasteiger partial charge in [0.1, 0.15) is 12.1 Å². The third-order valence-corrected chi connectivity index (χ3v) is 2.41. The van der Waals surface area contributed by atoms with Crippen LogP contribution in [0.3, 0.4) is 0 Å². The molecular weight excluding hydrogens is 174 g/mol. The van der Waals surface area contributed by atoms with Crippen molar-refractivity contribution < 1.29 is 22.5 Å². The normalized spacial score (nSPS) is 29.5. The molecule has 1 fully saturated rings. The molecule has 3 heteroatoms. The van der Waals surface area contributed by atoms with E-state index in [1.54, 1.807) is 0 Å². The molecule has 0 aromatic rings. The minimum atomic E-state index is 0. The molecule has 1 saturated heterocycles. The van der Waals surface area contributed by atoms with Crippen LogP contribution in [0.15, 0.2) is 0 Å². The zero-order chi connectivity index (χ0) is 8.16. The van der Waals surface area contributed by atoms with Crippen molar-refractivity contribution in [2.45, 2.75) is 38.7 Å². The van der Waals surface area contributed by atoms with Gasteiger partial charge in [0.2, 0.25) is 0 Å². The van der Waals surface area contributed by atoms with Crippen molar-refractivity contribution >= 4 is 0 Å². The Kier molecular flexibility index (Phi) is 5.89. The van der Waals surface area contributed by atoms with Gasteiger partial charge in [0.25, 0.3) is 0 Å². The number of hydrogen-bond donors (Lipinski definition) is 1. The minimum Gasteiger partial charge on any atom is -1.00 e. The molecule has 2 nitrogen and oxygen atoms in total. The highest BCUT2D eigenvalue weighted by Crippen LogP contribution is 2.17. The van der Waals surface area contributed by atoms with E-state index in [9.17, 15) is 0 Å². The summed E-state index contributed by atoms with van der Waals surface area (Å²) in [6.07, 6.45) is 3.79. The van der Waals surface area contributed by atoms with Crippen molar-refractivity contribution in [3.05, 3.63) is 0 Å². The average Bonchev–Trinajstić information content (AvgIpc) is 2.03. The summed E-state index contributed by atoms with van der Waals surface area (Å²) in [7, 11) is 0. The van der Waals surface area contributed by atoms with Crippen molar-refractivity contribution in [1.82, 2.24) is 0 Å². The van der Waals surface area contributed by atoms with Gasteiger partial charge in [-0.25, -0.2) is 0 Å². The highest BCUT2D eigenvalue weighted by Gasteiger charge is 2.29. The number of morpholine rings is 1. The van der Waals surface area contributed by atoms with Gasteiger partial charge in [0.15, 0.2) is 0 Å². The number of hydrogen-bond acceptors (Lipinski definition) is 1. The number of halogens is 1. The first kappa shape index (κ1) is 12.2. The number of ether oxygens (including phenoxy) is 1. The summed E-state index contributed by atoms with van der Waals surface area (Å²) >= 11 is 0. The first-order valence-corrected chi connectivity index (χ1v) is 4.72. The standard InChI is InChI=1S/C9H19NO.ClH/c1-3-4-5-9(2)8-10-6-7-11-9;/h10H,3-8H2,1-2H3;1H. The summed E-state index contributed by atoms with van der Waals surface area (Å²) in [4.78, 5) is 0. The molecule has 2 N–H and O–H groups in total. The van der Waals surface area contributed by atoms with Crippen LogP contribution in [-0.4, -0.2) is 25.3 Å². The second-order valence-corrected chi connectivity index (χ2v) is 3.68. The average molecular weight is 194 g/mol. The molecule has 0 radical (unpaired) electrons. The maximum absolute atomic E-state index is 5.74. The Balaban J connectivity index is 0.00000121. The predicted molar refractivity (Wildman–Crippen MR) is 45.5 cm³/mol. The van der Waals surface area contributed by atoms with E-state index in [-0.39, 0.29) is 18.0 Å². The van der Waals surface area contributed by atoms with Crippen LogP contribution in [0.1, 0.15) is 33.1 Å². The van der Waals surface area contributed by atoms with Crippen molar-refractivity contribution in [3.63, 3.8) is 0 Å². The van der Waals surface area contributed by atoms with Crippen LogP contribution in [0, 0.1) is 0 Å². The molecule has 0 spiro atoms. The fourth-order valence-corrected chi connectivity index (χ4v) is 1.58. The highest BCUT2D eigenvalue weighted by molar-refractivity contribution is 4.74. The number of quaternary nitrogens is 1. The van der Waals surface area contributed by atoms with Crippen LogP contribution in [0.4, 0.5) is 0 Å². The Bertz CT molecular complexity index is 113. The molecule has 0 saturated carbocycles. The first-order chi connectivity index (χ1) is 5.27. The number of rotatable bonds is 3. The fraction of sp³-hybridized carbons (Fsp3) is 1.00. The third-order valence-electron chi connectivity index (χ3n) is 2.41. The van der Waals surface area contributed by atoms with Crippen LogP contribution in [0.2, 0.25) is 0 Å². The molecule has 1 rings (SSSR count). The third kappa shape index (κ3) is 3.74. The van der Waals surface area contributed by atoms with Crippen LogP contribution in [0.5, 0.6) is 0 Å². The number of nitrogens with two attached hydrogens (primary N) is 1. The molecule has 1 aliphatic rings. The van der Waals surface area contributed by atoms with E-state index >= 15 is 0 Å². The Morgan fingerprint density at radius 2 is 2.25 bits per heavy atom. The van der Waals surface area contributed by atoms with Gasteiger partial charge in [0.05, 0.1) is 13.2 Å². The van der Waals surface area contributed by atoms with Gasteiger partial charge in [-0.15, -0.1) is 0 Å². The monoisotopic (exact) mass is 193 g/mol. The minimum absolute atomic E-state index is 0. The lowest BCUT2D eigenvalue weighted by Crippen LogP contribution is -3.00. The molecule has 0 bridgehead atoms. The predicted octanol–water partition coefficient (Wildman–Crippen LogP) is -2.47. The SMILES string of the molecule is CCCCC1(C)C[NH2+]CCO1.[Cl-]. The molecule has 12 heavy (non-hydrogen) atoms. The Hall–Kier alpha value is 0.210. The molecule has 0 amide bonds. The lowest BCUT2D eigenvalue weighted by Gasteiger charge is -2.31. The van der Waals surface area contributed by atoms with E-state index < -0.39 is 0 Å². The lowest BCUT2D eigenvalue weighted by atomic mass is 9.98. The summed E-state index contributed by atoms with van der Waals surface area (Å²) in [5.41, 5.74) is 0.175. The van der Waals surface area contributed by atoms with Gasteiger partial charge in [-0.2, -0.15) is 0 Å². The summed E-state index contributed by atoms with van der Waals surface area (Å²) in [5, 5.41) is 2.36. The molecule has 1 heterocycles. The maximum atomic E-state index is 5.74. The van der Waals surface area contributed by atoms with Crippen LogP contribution in [0.25, 0.3) is 0 Å². The van der Waals surface area contributed by atoms with E-state index in [4.69, 9.17) is 4.74 Å². The highest BCUT2D eigenvalue weighted by atomic mass is 35.5. The van der Waals surface area contributed by atoms with Gasteiger partial charge < -0.3 is 22.5 Å². The molecule has 74 valence electrons. The Morgan fingerprint density at radius 1 is 1.50 bits per heavy atom. The molecule has 1 aliphatic heterocycles. The van der Waals surface area contributed by atoms with Crippen molar-refractivity contribution in [2.75, 3.05) is 19.7 Å². The zero-order valence-electron chi connectivity index (χ0n) is 8.11. The first-order valence-electron chi connectivity index (χ1n) is 4.72. The van der Waals surface area contributed by atoms with Crippen molar-refractivity contribution in [1.29, 1.82) is 0 Å². The zero-order valence-corrected chi connectivity index (χ0v) is 8.86. The topological polar surface area (TPSA) is 25.8 Å². The second-order valence-electron chi connectivity index (χ2n) is 3.68. The molecule has 0 aliphatic carbocycles. The second kappa shape index (κ2) is 5.79. The maximum Gasteiger partial charge on any atom is 0.114 e. The Morgan fingerprint density at radius 3 is 2.75 bits per heavy atom. The Labute approximate surface area is 81.5 Å². The van der Waals surface area contributed by atoms with E-state index in [1.165, 1.54) is 19.3 Å². The molecular formula is C9H20ClNO. The number of unbranched alkanes of at least 4 members (excludes halogenated alkanes) is 1. The van der Waals surface area contributed by atoms with Crippen LogP contribution in [-0.2, 0) is 4.74 Å². The van der Waals surface area contributed by atoms with Gasteiger partial charge in [-0.3, -0.25) is 0 Å². The van der Waals surface area contributed by atoms with Crippen molar-refractivity contribution in [3.8, 4) is 0 Å². The van der Waals surface area contributed by atoms with Gasteiger partial charge in [0, 0.05) is 0 Å². The molecule has 1 atom stereocenters. The van der Waals surface area contributed by atoms with E-state index in [2.05, 4.69) is 19.2 Å². The van der Waals surface area contributed by atoms with Crippen LogP contribution < -0.4 is 17.7 Å². The quantitative estimate of drug-likeness (QED) is 0.529. The fourth-order valence-electron chi connectivity index (χ4n) is 1.58. The van der Waals surface area contributed by atoms with E-state index in [0.29, 0.717) is 0 Å². The smallest absolute Gasteiger partial charge is 0.114 e. The van der Waals surface area contributed by atoms with Gasteiger partial charge >= 0.3 is 0 Å².